The van der Waals surface area contributed by atoms with Crippen LogP contribution < -0.4 is 11.0 Å². The first-order chi connectivity index (χ1) is 8.70. The lowest BCUT2D eigenvalue weighted by Crippen LogP contribution is -2.14. The van der Waals surface area contributed by atoms with Crippen LogP contribution in [0.15, 0.2) is 41.5 Å². The van der Waals surface area contributed by atoms with Gasteiger partial charge in [-0.2, -0.15) is 0 Å². The number of carbonyl (C=O) groups excluding carboxylic acids is 1. The molecule has 0 aliphatic rings. The summed E-state index contributed by atoms with van der Waals surface area (Å²) in [6.45, 7) is 0. The molecule has 1 aromatic carbocycles. The fourth-order valence-corrected chi connectivity index (χ4v) is 1.71. The molecule has 1 aromatic heterocycles. The maximum absolute atomic E-state index is 11.4. The minimum atomic E-state index is -0.200. The highest BCUT2D eigenvalue weighted by atomic mass is 35.5. The van der Waals surface area contributed by atoms with Crippen LogP contribution in [-0.2, 0) is 4.79 Å². The van der Waals surface area contributed by atoms with E-state index in [1.807, 2.05) is 0 Å². The summed E-state index contributed by atoms with van der Waals surface area (Å²) in [6, 6.07) is 6.99. The van der Waals surface area contributed by atoms with Crippen LogP contribution in [0, 0.1) is 0 Å². The highest BCUT2D eigenvalue weighted by Gasteiger charge is 2.03. The maximum atomic E-state index is 11.4. The van der Waals surface area contributed by atoms with Gasteiger partial charge in [-0.3, -0.25) is 9.36 Å². The predicted octanol–water partition coefficient (Wildman–Crippen LogP) is 1.73. The third-order valence-corrected chi connectivity index (χ3v) is 2.59. The van der Waals surface area contributed by atoms with Crippen LogP contribution >= 0.6 is 11.6 Å². The highest BCUT2D eigenvalue weighted by Crippen LogP contribution is 2.12. The van der Waals surface area contributed by atoms with E-state index in [2.05, 4.69) is 10.3 Å². The third kappa shape index (κ3) is 2.81. The Bertz CT molecular complexity index is 586. The second-order valence-corrected chi connectivity index (χ2v) is 4.05. The standard InChI is InChI=1S/C12H12ClN3O2/c13-6-5-11(17)15-9-1-3-10(4-2-9)16-8-7-14-12(16)18/h1-4,7-8H,5-6H2,(H,14,18)(H,15,17). The summed E-state index contributed by atoms with van der Waals surface area (Å²) in [5, 5.41) is 2.71. The Labute approximate surface area is 108 Å². The molecule has 1 amide bonds. The molecule has 0 aliphatic carbocycles. The number of aromatic nitrogens is 2. The Morgan fingerprint density at radius 3 is 2.61 bits per heavy atom. The monoisotopic (exact) mass is 265 g/mol. The van der Waals surface area contributed by atoms with Crippen molar-refractivity contribution in [1.82, 2.24) is 9.55 Å². The zero-order valence-corrected chi connectivity index (χ0v) is 10.3. The number of anilines is 1. The molecule has 2 aromatic rings. The van der Waals surface area contributed by atoms with Crippen molar-refractivity contribution in [3.8, 4) is 5.69 Å². The third-order valence-electron chi connectivity index (χ3n) is 2.40. The quantitative estimate of drug-likeness (QED) is 0.827. The Balaban J connectivity index is 2.13. The van der Waals surface area contributed by atoms with Gasteiger partial charge in [0.05, 0.1) is 5.69 Å². The van der Waals surface area contributed by atoms with Crippen LogP contribution in [0.1, 0.15) is 6.42 Å². The fourth-order valence-electron chi connectivity index (χ4n) is 1.54. The number of nitrogens with one attached hydrogen (secondary N) is 2. The van der Waals surface area contributed by atoms with Gasteiger partial charge in [-0.15, -0.1) is 11.6 Å². The lowest BCUT2D eigenvalue weighted by atomic mass is 10.2. The van der Waals surface area contributed by atoms with Gasteiger partial charge in [0.15, 0.2) is 0 Å². The number of carbonyl (C=O) groups is 1. The summed E-state index contributed by atoms with van der Waals surface area (Å²) in [6.07, 6.45) is 3.49. The number of benzene rings is 1. The number of H-pyrrole nitrogens is 1. The molecule has 0 spiro atoms. The number of alkyl halides is 1. The number of amides is 1. The number of imidazole rings is 1. The van der Waals surface area contributed by atoms with Crippen LogP contribution in [0.4, 0.5) is 5.69 Å². The lowest BCUT2D eigenvalue weighted by molar-refractivity contribution is -0.115. The van der Waals surface area contributed by atoms with Gasteiger partial charge in [0.2, 0.25) is 5.91 Å². The summed E-state index contributed by atoms with van der Waals surface area (Å²) in [4.78, 5) is 25.3. The van der Waals surface area contributed by atoms with Gasteiger partial charge in [0.1, 0.15) is 0 Å². The first-order valence-corrected chi connectivity index (χ1v) is 5.96. The molecule has 0 saturated carbocycles. The predicted molar refractivity (Wildman–Crippen MR) is 70.4 cm³/mol. The zero-order chi connectivity index (χ0) is 13.0. The van der Waals surface area contributed by atoms with E-state index in [0.29, 0.717) is 11.6 Å². The summed E-state index contributed by atoms with van der Waals surface area (Å²) < 4.78 is 1.48. The van der Waals surface area contributed by atoms with Gasteiger partial charge in [-0.25, -0.2) is 4.79 Å². The Morgan fingerprint density at radius 2 is 2.06 bits per heavy atom. The molecular weight excluding hydrogens is 254 g/mol. The molecule has 0 unspecified atom stereocenters. The van der Waals surface area contributed by atoms with Gasteiger partial charge < -0.3 is 10.3 Å². The molecule has 0 saturated heterocycles. The summed E-state index contributed by atoms with van der Waals surface area (Å²) in [5.41, 5.74) is 1.21. The topological polar surface area (TPSA) is 66.9 Å². The first kappa shape index (κ1) is 12.4. The molecule has 2 N–H and O–H groups in total. The second kappa shape index (κ2) is 5.55. The second-order valence-electron chi connectivity index (χ2n) is 3.67. The molecule has 0 aliphatic heterocycles. The van der Waals surface area contributed by atoms with Crippen molar-refractivity contribution in [2.75, 3.05) is 11.2 Å². The van der Waals surface area contributed by atoms with Crippen LogP contribution in [0.2, 0.25) is 0 Å². The molecule has 6 heteroatoms. The fraction of sp³-hybridized carbons (Fsp3) is 0.167. The van der Waals surface area contributed by atoms with Crippen molar-refractivity contribution >= 4 is 23.2 Å². The summed E-state index contributed by atoms with van der Waals surface area (Å²) in [7, 11) is 0. The molecule has 1 heterocycles. The molecule has 0 atom stereocenters. The van der Waals surface area contributed by atoms with Gasteiger partial charge in [-0.05, 0) is 24.3 Å². The van der Waals surface area contributed by atoms with E-state index in [0.717, 1.165) is 5.69 Å². The number of halogens is 1. The van der Waals surface area contributed by atoms with E-state index in [9.17, 15) is 9.59 Å². The van der Waals surface area contributed by atoms with Crippen molar-refractivity contribution in [3.05, 3.63) is 47.1 Å². The highest BCUT2D eigenvalue weighted by molar-refractivity contribution is 6.19. The average Bonchev–Trinajstić information content (AvgIpc) is 2.77. The summed E-state index contributed by atoms with van der Waals surface area (Å²) in [5.74, 6) is 0.166. The van der Waals surface area contributed by atoms with Crippen molar-refractivity contribution in [2.45, 2.75) is 6.42 Å². The van der Waals surface area contributed by atoms with E-state index < -0.39 is 0 Å². The molecule has 5 nitrogen and oxygen atoms in total. The number of nitrogens with zero attached hydrogens (tertiary/aromatic N) is 1. The lowest BCUT2D eigenvalue weighted by Gasteiger charge is -2.05. The molecule has 2 rings (SSSR count). The Kier molecular flexibility index (Phi) is 3.84. The maximum Gasteiger partial charge on any atom is 0.330 e. The first-order valence-electron chi connectivity index (χ1n) is 5.43. The Hall–Kier alpha value is -2.01. The molecule has 18 heavy (non-hydrogen) atoms. The molecule has 0 bridgehead atoms. The number of rotatable bonds is 4. The van der Waals surface area contributed by atoms with Crippen LogP contribution in [-0.4, -0.2) is 21.3 Å². The molecule has 0 fully saturated rings. The van der Waals surface area contributed by atoms with Gasteiger partial charge in [0.25, 0.3) is 0 Å². The summed E-state index contributed by atoms with van der Waals surface area (Å²) >= 11 is 5.47. The van der Waals surface area contributed by atoms with Gasteiger partial charge in [-0.1, -0.05) is 0 Å². The normalized spacial score (nSPS) is 10.3. The smallest absolute Gasteiger partial charge is 0.326 e. The minimum Gasteiger partial charge on any atom is -0.326 e. The van der Waals surface area contributed by atoms with Crippen LogP contribution in [0.3, 0.4) is 0 Å². The van der Waals surface area contributed by atoms with E-state index in [4.69, 9.17) is 11.6 Å². The average molecular weight is 266 g/mol. The van der Waals surface area contributed by atoms with E-state index in [-0.39, 0.29) is 18.0 Å². The van der Waals surface area contributed by atoms with Crippen molar-refractivity contribution in [1.29, 1.82) is 0 Å². The van der Waals surface area contributed by atoms with E-state index >= 15 is 0 Å². The SMILES string of the molecule is O=C(CCCl)Nc1ccc(-n2cc[nH]c2=O)cc1. The van der Waals surface area contributed by atoms with Crippen LogP contribution in [0.5, 0.6) is 0 Å². The Morgan fingerprint density at radius 1 is 1.33 bits per heavy atom. The molecule has 0 radical (unpaired) electrons. The van der Waals surface area contributed by atoms with Gasteiger partial charge in [0, 0.05) is 30.4 Å². The van der Waals surface area contributed by atoms with Crippen molar-refractivity contribution in [3.63, 3.8) is 0 Å². The zero-order valence-electron chi connectivity index (χ0n) is 9.52. The van der Waals surface area contributed by atoms with E-state index in [1.165, 1.54) is 4.57 Å². The number of hydrogen-bond donors (Lipinski definition) is 2. The van der Waals surface area contributed by atoms with Crippen molar-refractivity contribution < 1.29 is 4.79 Å². The van der Waals surface area contributed by atoms with Gasteiger partial charge >= 0.3 is 5.69 Å². The number of aromatic amines is 1. The van der Waals surface area contributed by atoms with Crippen molar-refractivity contribution in [2.24, 2.45) is 0 Å². The number of hydrogen-bond acceptors (Lipinski definition) is 2. The largest absolute Gasteiger partial charge is 0.330 e. The molecule has 94 valence electrons. The minimum absolute atomic E-state index is 0.128. The van der Waals surface area contributed by atoms with E-state index in [1.54, 1.807) is 36.7 Å². The van der Waals surface area contributed by atoms with Crippen LogP contribution in [0.25, 0.3) is 5.69 Å². The molecular formula is C12H12ClN3O2.